The minimum atomic E-state index is 0.519. The Balaban J connectivity index is 1.85. The Morgan fingerprint density at radius 3 is 2.84 bits per heavy atom. The molecule has 1 N–H and O–H groups in total. The highest BCUT2D eigenvalue weighted by Crippen LogP contribution is 2.09. The predicted molar refractivity (Wildman–Crippen MR) is 78.0 cm³/mol. The lowest BCUT2D eigenvalue weighted by molar-refractivity contribution is 0.348. The summed E-state index contributed by atoms with van der Waals surface area (Å²) in [7, 11) is 1.92. The van der Waals surface area contributed by atoms with Gasteiger partial charge in [0.05, 0.1) is 0 Å². The van der Waals surface area contributed by atoms with Gasteiger partial charge in [-0.05, 0) is 30.3 Å². The summed E-state index contributed by atoms with van der Waals surface area (Å²) in [4.78, 5) is 4.18. The summed E-state index contributed by atoms with van der Waals surface area (Å²) in [5.74, 6) is 0.658. The third-order valence-electron chi connectivity index (χ3n) is 2.62. The average molecular weight is 254 g/mol. The third kappa shape index (κ3) is 4.56. The topological polar surface area (TPSA) is 34.2 Å². The molecule has 0 radical (unpaired) electrons. The van der Waals surface area contributed by atoms with E-state index < -0.39 is 0 Å². The van der Waals surface area contributed by atoms with Gasteiger partial charge in [0.2, 0.25) is 5.88 Å². The van der Waals surface area contributed by atoms with E-state index in [1.165, 1.54) is 11.1 Å². The van der Waals surface area contributed by atoms with E-state index in [4.69, 9.17) is 4.74 Å². The number of nitrogens with zero attached hydrogens (tertiary/aromatic N) is 1. The maximum Gasteiger partial charge on any atom is 0.213 e. The van der Waals surface area contributed by atoms with E-state index in [1.807, 2.05) is 49.5 Å². The first-order chi connectivity index (χ1) is 9.38. The Labute approximate surface area is 114 Å². The van der Waals surface area contributed by atoms with Crippen molar-refractivity contribution >= 4 is 6.08 Å². The van der Waals surface area contributed by atoms with Gasteiger partial charge in [-0.3, -0.25) is 0 Å². The molecule has 0 aliphatic carbocycles. The molecule has 0 unspecified atom stereocenters. The Morgan fingerprint density at radius 1 is 1.21 bits per heavy atom. The molecular formula is C16H18N2O. The molecule has 0 atom stereocenters. The second-order valence-corrected chi connectivity index (χ2v) is 4.16. The molecule has 0 amide bonds. The quantitative estimate of drug-likeness (QED) is 0.860. The van der Waals surface area contributed by atoms with E-state index in [0.29, 0.717) is 12.5 Å². The Hall–Kier alpha value is -2.13. The first-order valence-corrected chi connectivity index (χ1v) is 6.32. The van der Waals surface area contributed by atoms with Crippen LogP contribution in [-0.4, -0.2) is 18.6 Å². The first-order valence-electron chi connectivity index (χ1n) is 6.32. The van der Waals surface area contributed by atoms with E-state index >= 15 is 0 Å². The second kappa shape index (κ2) is 7.34. The summed E-state index contributed by atoms with van der Waals surface area (Å²) in [6.07, 6.45) is 5.79. The van der Waals surface area contributed by atoms with Crippen LogP contribution in [0.4, 0.5) is 0 Å². The van der Waals surface area contributed by atoms with E-state index in [2.05, 4.69) is 22.4 Å². The maximum absolute atomic E-state index is 5.59. The van der Waals surface area contributed by atoms with Crippen LogP contribution in [0.25, 0.3) is 6.08 Å². The normalized spacial score (nSPS) is 10.8. The van der Waals surface area contributed by atoms with Gasteiger partial charge in [0, 0.05) is 18.8 Å². The van der Waals surface area contributed by atoms with Gasteiger partial charge < -0.3 is 10.1 Å². The summed E-state index contributed by atoms with van der Waals surface area (Å²) in [6.45, 7) is 1.34. The maximum atomic E-state index is 5.59. The van der Waals surface area contributed by atoms with Crippen LogP contribution in [0.1, 0.15) is 11.1 Å². The second-order valence-electron chi connectivity index (χ2n) is 4.16. The molecule has 2 rings (SSSR count). The highest BCUT2D eigenvalue weighted by molar-refractivity contribution is 5.48. The number of aromatic nitrogens is 1. The van der Waals surface area contributed by atoms with Gasteiger partial charge in [-0.1, -0.05) is 36.4 Å². The SMILES string of the molecule is CNCc1ccnc(OCC=Cc2ccccc2)c1. The van der Waals surface area contributed by atoms with Gasteiger partial charge in [-0.2, -0.15) is 0 Å². The minimum Gasteiger partial charge on any atom is -0.473 e. The average Bonchev–Trinajstić information content (AvgIpc) is 2.46. The summed E-state index contributed by atoms with van der Waals surface area (Å²) >= 11 is 0. The molecule has 1 aromatic heterocycles. The van der Waals surface area contributed by atoms with Crippen LogP contribution in [0.2, 0.25) is 0 Å². The summed E-state index contributed by atoms with van der Waals surface area (Å²) in [6, 6.07) is 14.1. The van der Waals surface area contributed by atoms with Crippen LogP contribution < -0.4 is 10.1 Å². The Morgan fingerprint density at radius 2 is 2.05 bits per heavy atom. The smallest absolute Gasteiger partial charge is 0.213 e. The fraction of sp³-hybridized carbons (Fsp3) is 0.188. The third-order valence-corrected chi connectivity index (χ3v) is 2.62. The zero-order chi connectivity index (χ0) is 13.3. The van der Waals surface area contributed by atoms with Gasteiger partial charge in [0.15, 0.2) is 0 Å². The van der Waals surface area contributed by atoms with Crippen molar-refractivity contribution in [3.8, 4) is 5.88 Å². The lowest BCUT2D eigenvalue weighted by Crippen LogP contribution is -2.05. The molecule has 0 aliphatic heterocycles. The monoisotopic (exact) mass is 254 g/mol. The molecular weight excluding hydrogens is 236 g/mol. The van der Waals surface area contributed by atoms with E-state index in [9.17, 15) is 0 Å². The van der Waals surface area contributed by atoms with Crippen LogP contribution >= 0.6 is 0 Å². The van der Waals surface area contributed by atoms with Crippen molar-refractivity contribution in [2.45, 2.75) is 6.54 Å². The molecule has 1 heterocycles. The lowest BCUT2D eigenvalue weighted by Gasteiger charge is -2.04. The van der Waals surface area contributed by atoms with Crippen molar-refractivity contribution in [3.05, 3.63) is 65.9 Å². The van der Waals surface area contributed by atoms with Crippen LogP contribution in [0.3, 0.4) is 0 Å². The van der Waals surface area contributed by atoms with Gasteiger partial charge in [0.1, 0.15) is 6.61 Å². The van der Waals surface area contributed by atoms with Crippen molar-refractivity contribution in [1.82, 2.24) is 10.3 Å². The lowest BCUT2D eigenvalue weighted by atomic mass is 10.2. The summed E-state index contributed by atoms with van der Waals surface area (Å²) in [5.41, 5.74) is 2.34. The van der Waals surface area contributed by atoms with Crippen molar-refractivity contribution in [2.75, 3.05) is 13.7 Å². The number of nitrogens with one attached hydrogen (secondary N) is 1. The van der Waals surface area contributed by atoms with Crippen molar-refractivity contribution in [1.29, 1.82) is 0 Å². The van der Waals surface area contributed by atoms with Crippen LogP contribution in [0, 0.1) is 0 Å². The van der Waals surface area contributed by atoms with Crippen LogP contribution in [0.5, 0.6) is 5.88 Å². The van der Waals surface area contributed by atoms with Gasteiger partial charge in [0.25, 0.3) is 0 Å². The molecule has 0 aliphatic rings. The number of hydrogen-bond donors (Lipinski definition) is 1. The van der Waals surface area contributed by atoms with Gasteiger partial charge >= 0.3 is 0 Å². The minimum absolute atomic E-state index is 0.519. The number of hydrogen-bond acceptors (Lipinski definition) is 3. The van der Waals surface area contributed by atoms with E-state index in [1.54, 1.807) is 6.20 Å². The van der Waals surface area contributed by atoms with E-state index in [0.717, 1.165) is 6.54 Å². The number of ether oxygens (including phenoxy) is 1. The molecule has 2 aromatic rings. The van der Waals surface area contributed by atoms with Crippen LogP contribution in [-0.2, 0) is 6.54 Å². The van der Waals surface area contributed by atoms with Crippen molar-refractivity contribution in [3.63, 3.8) is 0 Å². The standard InChI is InChI=1S/C16H18N2O/c1-17-13-15-9-10-18-16(12-15)19-11-5-8-14-6-3-2-4-7-14/h2-10,12,17H,11,13H2,1H3. The highest BCUT2D eigenvalue weighted by atomic mass is 16.5. The largest absolute Gasteiger partial charge is 0.473 e. The highest BCUT2D eigenvalue weighted by Gasteiger charge is 1.96. The van der Waals surface area contributed by atoms with Gasteiger partial charge in [-0.25, -0.2) is 4.98 Å². The van der Waals surface area contributed by atoms with Crippen LogP contribution in [0.15, 0.2) is 54.7 Å². The molecule has 0 saturated carbocycles. The predicted octanol–water partition coefficient (Wildman–Crippen LogP) is 2.89. The zero-order valence-corrected chi connectivity index (χ0v) is 11.0. The van der Waals surface area contributed by atoms with Gasteiger partial charge in [-0.15, -0.1) is 0 Å². The molecule has 3 nitrogen and oxygen atoms in total. The first kappa shape index (κ1) is 13.3. The fourth-order valence-electron chi connectivity index (χ4n) is 1.73. The number of rotatable bonds is 6. The fourth-order valence-corrected chi connectivity index (χ4v) is 1.73. The molecule has 1 aromatic carbocycles. The van der Waals surface area contributed by atoms with Crippen molar-refractivity contribution < 1.29 is 4.74 Å². The summed E-state index contributed by atoms with van der Waals surface area (Å²) < 4.78 is 5.59. The zero-order valence-electron chi connectivity index (χ0n) is 11.0. The molecule has 98 valence electrons. The van der Waals surface area contributed by atoms with E-state index in [-0.39, 0.29) is 0 Å². The Kier molecular flexibility index (Phi) is 5.14. The molecule has 0 spiro atoms. The number of pyridine rings is 1. The Bertz CT molecular complexity index is 523. The molecule has 3 heteroatoms. The summed E-state index contributed by atoms with van der Waals surface area (Å²) in [5, 5.41) is 3.10. The molecule has 19 heavy (non-hydrogen) atoms. The number of benzene rings is 1. The molecule has 0 bridgehead atoms. The van der Waals surface area contributed by atoms with Crippen molar-refractivity contribution in [2.24, 2.45) is 0 Å². The molecule has 0 saturated heterocycles. The molecule has 0 fully saturated rings.